The molecule has 22 heavy (non-hydrogen) atoms. The monoisotopic (exact) mass is 325 g/mol. The number of piperidine rings is 1. The molecule has 2 rings (SSSR count). The summed E-state index contributed by atoms with van der Waals surface area (Å²) in [4.78, 5) is 24.5. The normalized spacial score (nSPS) is 18.9. The van der Waals surface area contributed by atoms with Crippen molar-refractivity contribution in [2.75, 3.05) is 18.8 Å². The van der Waals surface area contributed by atoms with Gasteiger partial charge in [0, 0.05) is 13.1 Å². The highest BCUT2D eigenvalue weighted by Crippen LogP contribution is 2.17. The van der Waals surface area contributed by atoms with Crippen LogP contribution < -0.4 is 0 Å². The molecule has 0 radical (unpaired) electrons. The maximum atomic E-state index is 12.1. The number of aliphatic carboxylic acids is 1. The van der Waals surface area contributed by atoms with Crippen LogP contribution in [0.1, 0.15) is 18.4 Å². The molecule has 1 saturated heterocycles. The topological polar surface area (TPSA) is 91.8 Å². The lowest BCUT2D eigenvalue weighted by molar-refractivity contribution is -0.145. The van der Waals surface area contributed by atoms with Crippen molar-refractivity contribution in [2.24, 2.45) is 5.92 Å². The van der Waals surface area contributed by atoms with E-state index in [1.165, 1.54) is 4.90 Å². The predicted molar refractivity (Wildman–Crippen MR) is 80.9 cm³/mol. The molecule has 120 valence electrons. The van der Waals surface area contributed by atoms with E-state index in [-0.39, 0.29) is 12.3 Å². The Bertz CT molecular complexity index is 641. The quantitative estimate of drug-likeness (QED) is 0.869. The van der Waals surface area contributed by atoms with Gasteiger partial charge in [-0.2, -0.15) is 0 Å². The van der Waals surface area contributed by atoms with Crippen LogP contribution in [0.15, 0.2) is 30.3 Å². The fourth-order valence-corrected chi connectivity index (χ4v) is 3.93. The molecule has 1 aromatic carbocycles. The summed E-state index contributed by atoms with van der Waals surface area (Å²) in [6.07, 6.45) is 1.11. The van der Waals surface area contributed by atoms with Crippen LogP contribution in [-0.4, -0.2) is 49.1 Å². The molecule has 1 amide bonds. The Hall–Kier alpha value is -1.89. The van der Waals surface area contributed by atoms with Crippen molar-refractivity contribution in [2.45, 2.75) is 18.6 Å². The largest absolute Gasteiger partial charge is 0.481 e. The zero-order valence-electron chi connectivity index (χ0n) is 12.1. The second-order valence-corrected chi connectivity index (χ2v) is 7.60. The van der Waals surface area contributed by atoms with Crippen LogP contribution in [0.4, 0.5) is 0 Å². The van der Waals surface area contributed by atoms with Gasteiger partial charge in [-0.25, -0.2) is 8.42 Å². The van der Waals surface area contributed by atoms with Gasteiger partial charge in [0.05, 0.1) is 11.7 Å². The zero-order valence-corrected chi connectivity index (χ0v) is 13.0. The molecular formula is C15H19NO5S. The average Bonchev–Trinajstić information content (AvgIpc) is 2.47. The molecular weight excluding hydrogens is 306 g/mol. The first kappa shape index (κ1) is 16.5. The summed E-state index contributed by atoms with van der Waals surface area (Å²) >= 11 is 0. The number of carbonyl (C=O) groups excluding carboxylic acids is 1. The lowest BCUT2D eigenvalue weighted by atomic mass is 9.98. The molecule has 1 heterocycles. The first-order valence-corrected chi connectivity index (χ1v) is 8.94. The lowest BCUT2D eigenvalue weighted by Crippen LogP contribution is -2.44. The van der Waals surface area contributed by atoms with Crippen molar-refractivity contribution in [1.82, 2.24) is 4.90 Å². The molecule has 0 aliphatic carbocycles. The second kappa shape index (κ2) is 6.91. The van der Waals surface area contributed by atoms with E-state index in [1.54, 1.807) is 30.3 Å². The Balaban J connectivity index is 1.97. The fourth-order valence-electron chi connectivity index (χ4n) is 2.56. The summed E-state index contributed by atoms with van der Waals surface area (Å²) in [6, 6.07) is 8.68. The van der Waals surface area contributed by atoms with Gasteiger partial charge >= 0.3 is 5.97 Å². The minimum absolute atomic E-state index is 0.0923. The molecule has 0 aromatic heterocycles. The Morgan fingerprint density at radius 2 is 1.91 bits per heavy atom. The van der Waals surface area contributed by atoms with Gasteiger partial charge in [-0.05, 0) is 18.4 Å². The summed E-state index contributed by atoms with van der Waals surface area (Å²) in [7, 11) is -3.56. The molecule has 1 N–H and O–H groups in total. The number of benzene rings is 1. The number of rotatable bonds is 5. The summed E-state index contributed by atoms with van der Waals surface area (Å²) in [5, 5.41) is 9.01. The minimum Gasteiger partial charge on any atom is -0.481 e. The van der Waals surface area contributed by atoms with Gasteiger partial charge in [-0.15, -0.1) is 0 Å². The van der Waals surface area contributed by atoms with Crippen molar-refractivity contribution >= 4 is 21.7 Å². The molecule has 6 nitrogen and oxygen atoms in total. The van der Waals surface area contributed by atoms with Gasteiger partial charge in [-0.1, -0.05) is 30.3 Å². The van der Waals surface area contributed by atoms with E-state index in [0.717, 1.165) is 0 Å². The van der Waals surface area contributed by atoms with Crippen LogP contribution in [-0.2, 0) is 25.2 Å². The highest BCUT2D eigenvalue weighted by atomic mass is 32.2. The van der Waals surface area contributed by atoms with Gasteiger partial charge in [0.25, 0.3) is 0 Å². The Morgan fingerprint density at radius 1 is 1.23 bits per heavy atom. The number of hydrogen-bond acceptors (Lipinski definition) is 4. The number of carboxylic acids is 1. The van der Waals surface area contributed by atoms with E-state index < -0.39 is 33.4 Å². The number of likely N-dealkylation sites (tertiary alicyclic amines) is 1. The number of carboxylic acid groups (broad SMARTS) is 1. The van der Waals surface area contributed by atoms with Gasteiger partial charge in [0.2, 0.25) is 5.91 Å². The van der Waals surface area contributed by atoms with Crippen LogP contribution >= 0.6 is 0 Å². The number of amides is 1. The zero-order chi connectivity index (χ0) is 16.2. The summed E-state index contributed by atoms with van der Waals surface area (Å²) in [5.41, 5.74) is 0.636. The van der Waals surface area contributed by atoms with Gasteiger partial charge in [0.15, 0.2) is 9.84 Å². The Labute approximate surface area is 129 Å². The highest BCUT2D eigenvalue weighted by molar-refractivity contribution is 7.91. The van der Waals surface area contributed by atoms with Crippen LogP contribution in [0.3, 0.4) is 0 Å². The molecule has 0 bridgehead atoms. The van der Waals surface area contributed by atoms with E-state index in [4.69, 9.17) is 5.11 Å². The van der Waals surface area contributed by atoms with Crippen molar-refractivity contribution in [3.63, 3.8) is 0 Å². The summed E-state index contributed by atoms with van der Waals surface area (Å²) < 4.78 is 24.2. The van der Waals surface area contributed by atoms with E-state index in [0.29, 0.717) is 24.9 Å². The molecule has 0 spiro atoms. The highest BCUT2D eigenvalue weighted by Gasteiger charge is 2.30. The van der Waals surface area contributed by atoms with Crippen LogP contribution in [0, 0.1) is 5.92 Å². The van der Waals surface area contributed by atoms with E-state index in [2.05, 4.69) is 0 Å². The molecule has 0 saturated carbocycles. The first-order valence-electron chi connectivity index (χ1n) is 7.12. The van der Waals surface area contributed by atoms with Crippen molar-refractivity contribution in [1.29, 1.82) is 0 Å². The third-order valence-corrected chi connectivity index (χ3v) is 5.16. The van der Waals surface area contributed by atoms with Crippen LogP contribution in [0.5, 0.6) is 0 Å². The summed E-state index contributed by atoms with van der Waals surface area (Å²) in [6.45, 7) is 0.512. The third kappa shape index (κ3) is 4.56. The second-order valence-electron chi connectivity index (χ2n) is 5.53. The van der Waals surface area contributed by atoms with Gasteiger partial charge < -0.3 is 10.0 Å². The van der Waals surface area contributed by atoms with E-state index >= 15 is 0 Å². The standard InChI is InChI=1S/C15H19NO5S/c17-14(16-8-4-7-13(9-16)15(18)19)11-22(20,21)10-12-5-2-1-3-6-12/h1-3,5-6,13H,4,7-11H2,(H,18,19)/t13-/m1/s1. The summed E-state index contributed by atoms with van der Waals surface area (Å²) in [5.74, 6) is -2.81. The molecule has 0 unspecified atom stereocenters. The number of nitrogens with zero attached hydrogens (tertiary/aromatic N) is 1. The van der Waals surface area contributed by atoms with Crippen molar-refractivity contribution in [3.05, 3.63) is 35.9 Å². The van der Waals surface area contributed by atoms with Crippen molar-refractivity contribution < 1.29 is 23.1 Å². The maximum Gasteiger partial charge on any atom is 0.308 e. The average molecular weight is 325 g/mol. The molecule has 1 aromatic rings. The van der Waals surface area contributed by atoms with Crippen LogP contribution in [0.25, 0.3) is 0 Å². The first-order chi connectivity index (χ1) is 10.4. The number of hydrogen-bond donors (Lipinski definition) is 1. The molecule has 7 heteroatoms. The fraction of sp³-hybridized carbons (Fsp3) is 0.467. The molecule has 1 atom stereocenters. The number of sulfone groups is 1. The van der Waals surface area contributed by atoms with Gasteiger partial charge in [0.1, 0.15) is 5.75 Å². The molecule has 1 fully saturated rings. The smallest absolute Gasteiger partial charge is 0.308 e. The SMILES string of the molecule is O=C(O)[C@@H]1CCCN(C(=O)CS(=O)(=O)Cc2ccccc2)C1. The van der Waals surface area contributed by atoms with E-state index in [9.17, 15) is 18.0 Å². The Kier molecular flexibility index (Phi) is 5.18. The predicted octanol–water partition coefficient (Wildman–Crippen LogP) is 0.925. The van der Waals surface area contributed by atoms with Crippen LogP contribution in [0.2, 0.25) is 0 Å². The number of carbonyl (C=O) groups is 2. The maximum absolute atomic E-state index is 12.1. The van der Waals surface area contributed by atoms with Gasteiger partial charge in [-0.3, -0.25) is 9.59 Å². The van der Waals surface area contributed by atoms with E-state index in [1.807, 2.05) is 0 Å². The lowest BCUT2D eigenvalue weighted by Gasteiger charge is -2.30. The third-order valence-electron chi connectivity index (χ3n) is 3.70. The molecule has 1 aliphatic heterocycles. The Morgan fingerprint density at radius 3 is 2.55 bits per heavy atom. The molecule has 1 aliphatic rings. The minimum atomic E-state index is -3.56. The van der Waals surface area contributed by atoms with Crippen molar-refractivity contribution in [3.8, 4) is 0 Å².